The molecule has 0 aliphatic rings. The topological polar surface area (TPSA) is 35.5 Å². The van der Waals surface area contributed by atoms with Crippen LogP contribution in [0.5, 0.6) is 5.75 Å². The summed E-state index contributed by atoms with van der Waals surface area (Å²) in [6.07, 6.45) is 4.18. The lowest BCUT2D eigenvalue weighted by Crippen LogP contribution is -2.11. The molecule has 0 unspecified atom stereocenters. The molecule has 0 heterocycles. The molecule has 0 amide bonds. The second-order valence-corrected chi connectivity index (χ2v) is 5.77. The second kappa shape index (κ2) is 10.0. The molecule has 0 fully saturated rings. The van der Waals surface area contributed by atoms with Gasteiger partial charge in [0.05, 0.1) is 7.11 Å². The zero-order valence-corrected chi connectivity index (χ0v) is 14.4. The number of benzene rings is 1. The van der Waals surface area contributed by atoms with Gasteiger partial charge < -0.3 is 9.47 Å². The highest BCUT2D eigenvalue weighted by Gasteiger charge is 2.16. The van der Waals surface area contributed by atoms with Gasteiger partial charge in [-0.2, -0.15) is 0 Å². The van der Waals surface area contributed by atoms with Crippen molar-refractivity contribution in [1.29, 1.82) is 0 Å². The third-order valence-electron chi connectivity index (χ3n) is 3.10. The first-order valence-corrected chi connectivity index (χ1v) is 8.63. The molecule has 0 N–H and O–H groups in total. The molecule has 0 saturated carbocycles. The van der Waals surface area contributed by atoms with Gasteiger partial charge in [0, 0.05) is 6.42 Å². The Bertz CT molecular complexity index is 389. The first-order valence-electron chi connectivity index (χ1n) is 7.10. The maximum absolute atomic E-state index is 11.8. The van der Waals surface area contributed by atoms with Crippen LogP contribution in [0.25, 0.3) is 0 Å². The molecule has 3 nitrogen and oxygen atoms in total. The summed E-state index contributed by atoms with van der Waals surface area (Å²) in [5, 5.41) is 0. The zero-order valence-electron chi connectivity index (χ0n) is 12.2. The van der Waals surface area contributed by atoms with Crippen molar-refractivity contribution in [3.63, 3.8) is 0 Å². The first-order chi connectivity index (χ1) is 9.71. The maximum Gasteiger partial charge on any atom is 0.306 e. The van der Waals surface area contributed by atoms with E-state index in [4.69, 9.17) is 9.47 Å². The molecule has 0 radical (unpaired) electrons. The summed E-state index contributed by atoms with van der Waals surface area (Å²) >= 11 is 2.35. The van der Waals surface area contributed by atoms with Gasteiger partial charge in [-0.1, -0.05) is 48.1 Å². The van der Waals surface area contributed by atoms with E-state index >= 15 is 0 Å². The normalized spacial score (nSPS) is 11.9. The van der Waals surface area contributed by atoms with E-state index in [9.17, 15) is 4.79 Å². The Morgan fingerprint density at radius 2 is 1.95 bits per heavy atom. The first kappa shape index (κ1) is 17.3. The molecule has 0 bridgehead atoms. The molecular weight excluding hydrogens is 367 g/mol. The highest BCUT2D eigenvalue weighted by molar-refractivity contribution is 14.1. The van der Waals surface area contributed by atoms with E-state index in [1.54, 1.807) is 7.11 Å². The Hall–Kier alpha value is -0.780. The highest BCUT2D eigenvalue weighted by Crippen LogP contribution is 2.26. The van der Waals surface area contributed by atoms with E-state index in [2.05, 4.69) is 29.5 Å². The van der Waals surface area contributed by atoms with E-state index in [1.807, 2.05) is 24.3 Å². The number of unbranched alkanes of at least 4 members (excludes halogenated alkanes) is 1. The van der Waals surface area contributed by atoms with Crippen molar-refractivity contribution in [2.24, 2.45) is 0 Å². The minimum atomic E-state index is -0.139. The fourth-order valence-corrected chi connectivity index (χ4v) is 2.35. The van der Waals surface area contributed by atoms with Crippen molar-refractivity contribution in [3.05, 3.63) is 29.8 Å². The predicted octanol–water partition coefficient (Wildman–Crippen LogP) is 4.68. The lowest BCUT2D eigenvalue weighted by Gasteiger charge is -2.18. The summed E-state index contributed by atoms with van der Waals surface area (Å²) in [7, 11) is 1.65. The Labute approximate surface area is 135 Å². The van der Waals surface area contributed by atoms with Crippen LogP contribution >= 0.6 is 22.6 Å². The maximum atomic E-state index is 11.8. The van der Waals surface area contributed by atoms with Crippen molar-refractivity contribution in [2.75, 3.05) is 11.5 Å². The summed E-state index contributed by atoms with van der Waals surface area (Å²) in [5.74, 6) is 0.722. The molecular formula is C16H23IO3. The molecule has 0 aliphatic carbocycles. The summed E-state index contributed by atoms with van der Waals surface area (Å²) in [5.41, 5.74) is 1.04. The van der Waals surface area contributed by atoms with Crippen LogP contribution in [0.2, 0.25) is 0 Å². The van der Waals surface area contributed by atoms with E-state index in [0.29, 0.717) is 6.42 Å². The molecule has 0 spiro atoms. The lowest BCUT2D eigenvalue weighted by molar-refractivity contribution is -0.150. The fourth-order valence-electron chi connectivity index (χ4n) is 1.91. The summed E-state index contributed by atoms with van der Waals surface area (Å²) in [6.45, 7) is 2.07. The van der Waals surface area contributed by atoms with Gasteiger partial charge in [-0.15, -0.1) is 0 Å². The molecule has 4 heteroatoms. The Balaban J connectivity index is 2.68. The minimum absolute atomic E-state index is 0.0962. The molecule has 0 saturated heterocycles. The summed E-state index contributed by atoms with van der Waals surface area (Å²) < 4.78 is 11.9. The standard InChI is InChI=1S/C16H23IO3/c1-3-4-7-16(18)20-15(6-5-12-17)13-8-10-14(19-2)11-9-13/h8-11,15H,3-7,12H2,1-2H3/t15-/m1/s1. The largest absolute Gasteiger partial charge is 0.497 e. The van der Waals surface area contributed by atoms with Gasteiger partial charge in [-0.25, -0.2) is 0 Å². The highest BCUT2D eigenvalue weighted by atomic mass is 127. The molecule has 1 atom stereocenters. The van der Waals surface area contributed by atoms with Gasteiger partial charge in [0.2, 0.25) is 0 Å². The van der Waals surface area contributed by atoms with Crippen molar-refractivity contribution in [2.45, 2.75) is 45.1 Å². The zero-order chi connectivity index (χ0) is 14.8. The third kappa shape index (κ3) is 6.11. The van der Waals surface area contributed by atoms with Gasteiger partial charge in [0.25, 0.3) is 0 Å². The summed E-state index contributed by atoms with van der Waals surface area (Å²) in [6, 6.07) is 7.77. The van der Waals surface area contributed by atoms with Gasteiger partial charge >= 0.3 is 5.97 Å². The van der Waals surface area contributed by atoms with Crippen LogP contribution in [0.3, 0.4) is 0 Å². The quantitative estimate of drug-likeness (QED) is 0.349. The van der Waals surface area contributed by atoms with Crippen molar-refractivity contribution < 1.29 is 14.3 Å². The number of ether oxygens (including phenoxy) is 2. The Morgan fingerprint density at radius 3 is 2.50 bits per heavy atom. The van der Waals surface area contributed by atoms with E-state index in [-0.39, 0.29) is 12.1 Å². The van der Waals surface area contributed by atoms with Crippen LogP contribution in [-0.2, 0) is 9.53 Å². The fraction of sp³-hybridized carbons (Fsp3) is 0.562. The number of alkyl halides is 1. The number of methoxy groups -OCH3 is 1. The average molecular weight is 390 g/mol. The molecule has 0 aromatic heterocycles. The second-order valence-electron chi connectivity index (χ2n) is 4.69. The molecule has 0 aliphatic heterocycles. The van der Waals surface area contributed by atoms with Crippen LogP contribution in [-0.4, -0.2) is 17.5 Å². The number of carbonyl (C=O) groups excluding carboxylic acids is 1. The third-order valence-corrected chi connectivity index (χ3v) is 3.86. The van der Waals surface area contributed by atoms with Gasteiger partial charge in [0.15, 0.2) is 0 Å². The van der Waals surface area contributed by atoms with Gasteiger partial charge in [0.1, 0.15) is 11.9 Å². The molecule has 1 aromatic carbocycles. The van der Waals surface area contributed by atoms with Crippen molar-refractivity contribution >= 4 is 28.6 Å². The van der Waals surface area contributed by atoms with Crippen LogP contribution in [0, 0.1) is 0 Å². The van der Waals surface area contributed by atoms with Crippen LogP contribution in [0.1, 0.15) is 50.7 Å². The van der Waals surface area contributed by atoms with E-state index in [1.165, 1.54) is 0 Å². The molecule has 20 heavy (non-hydrogen) atoms. The van der Waals surface area contributed by atoms with Gasteiger partial charge in [-0.3, -0.25) is 4.79 Å². The lowest BCUT2D eigenvalue weighted by atomic mass is 10.0. The van der Waals surface area contributed by atoms with Crippen LogP contribution in [0.4, 0.5) is 0 Å². The average Bonchev–Trinajstić information content (AvgIpc) is 2.49. The number of rotatable bonds is 9. The number of halogens is 1. The molecule has 1 rings (SSSR count). The van der Waals surface area contributed by atoms with E-state index in [0.717, 1.165) is 41.4 Å². The monoisotopic (exact) mass is 390 g/mol. The Morgan fingerprint density at radius 1 is 1.25 bits per heavy atom. The van der Waals surface area contributed by atoms with Crippen molar-refractivity contribution in [3.8, 4) is 5.75 Å². The van der Waals surface area contributed by atoms with Crippen LogP contribution in [0.15, 0.2) is 24.3 Å². The number of hydrogen-bond donors (Lipinski definition) is 0. The molecule has 112 valence electrons. The molecule has 1 aromatic rings. The number of esters is 1. The predicted molar refractivity (Wildman–Crippen MR) is 89.5 cm³/mol. The Kier molecular flexibility index (Phi) is 8.65. The van der Waals surface area contributed by atoms with Gasteiger partial charge in [-0.05, 0) is 41.4 Å². The van der Waals surface area contributed by atoms with Crippen LogP contribution < -0.4 is 4.74 Å². The smallest absolute Gasteiger partial charge is 0.306 e. The van der Waals surface area contributed by atoms with E-state index < -0.39 is 0 Å². The number of carbonyl (C=O) groups is 1. The SMILES string of the molecule is CCCCC(=O)O[C@H](CCCI)c1ccc(OC)cc1. The minimum Gasteiger partial charge on any atom is -0.497 e. The summed E-state index contributed by atoms with van der Waals surface area (Å²) in [4.78, 5) is 11.8. The van der Waals surface area contributed by atoms with Crippen molar-refractivity contribution in [1.82, 2.24) is 0 Å². The number of hydrogen-bond acceptors (Lipinski definition) is 3.